The van der Waals surface area contributed by atoms with E-state index in [9.17, 15) is 4.79 Å². The molecule has 2 fully saturated rings. The Kier molecular flexibility index (Phi) is 4.02. The monoisotopic (exact) mass is 268 g/mol. The molecule has 0 unspecified atom stereocenters. The first-order valence-electron chi connectivity index (χ1n) is 7.04. The third-order valence-corrected chi connectivity index (χ3v) is 4.38. The molecule has 1 aliphatic heterocycles. The van der Waals surface area contributed by atoms with E-state index >= 15 is 0 Å². The highest BCUT2D eigenvalue weighted by Crippen LogP contribution is 2.52. The second-order valence-corrected chi connectivity index (χ2v) is 5.91. The smallest absolute Gasteiger partial charge is 0.310 e. The SMILES string of the molecule is C=C[C@]1(C)CC2(C[C@@H](C)[C@@H]1C(=O)OCC)OCCO2. The highest BCUT2D eigenvalue weighted by Gasteiger charge is 2.55. The number of hydrogen-bond donors (Lipinski definition) is 0. The fourth-order valence-electron chi connectivity index (χ4n) is 3.67. The fraction of sp³-hybridized carbons (Fsp3) is 0.800. The van der Waals surface area contributed by atoms with Crippen LogP contribution in [0.2, 0.25) is 0 Å². The lowest BCUT2D eigenvalue weighted by Crippen LogP contribution is -2.51. The minimum Gasteiger partial charge on any atom is -0.466 e. The number of rotatable bonds is 3. The number of carbonyl (C=O) groups is 1. The first kappa shape index (κ1) is 14.5. The Morgan fingerprint density at radius 2 is 2.11 bits per heavy atom. The molecule has 0 aromatic carbocycles. The highest BCUT2D eigenvalue weighted by molar-refractivity contribution is 5.74. The summed E-state index contributed by atoms with van der Waals surface area (Å²) >= 11 is 0. The van der Waals surface area contributed by atoms with Crippen LogP contribution in [0.5, 0.6) is 0 Å². The summed E-state index contributed by atoms with van der Waals surface area (Å²) in [6, 6.07) is 0. The van der Waals surface area contributed by atoms with Gasteiger partial charge in [-0.3, -0.25) is 4.79 Å². The highest BCUT2D eigenvalue weighted by atomic mass is 16.7. The molecule has 0 bridgehead atoms. The van der Waals surface area contributed by atoms with Crippen molar-refractivity contribution in [1.29, 1.82) is 0 Å². The van der Waals surface area contributed by atoms with Crippen molar-refractivity contribution in [3.05, 3.63) is 12.7 Å². The van der Waals surface area contributed by atoms with Crippen molar-refractivity contribution < 1.29 is 19.0 Å². The summed E-state index contributed by atoms with van der Waals surface area (Å²) in [4.78, 5) is 12.2. The van der Waals surface area contributed by atoms with Crippen LogP contribution in [0.15, 0.2) is 12.7 Å². The second kappa shape index (κ2) is 5.25. The lowest BCUT2D eigenvalue weighted by Gasteiger charge is -2.48. The molecule has 1 aliphatic carbocycles. The maximum absolute atomic E-state index is 12.2. The molecule has 0 N–H and O–H groups in total. The normalized spacial score (nSPS) is 37.2. The van der Waals surface area contributed by atoms with Gasteiger partial charge in [-0.25, -0.2) is 0 Å². The summed E-state index contributed by atoms with van der Waals surface area (Å²) in [5.74, 6) is -0.701. The molecule has 1 saturated heterocycles. The molecule has 0 aromatic heterocycles. The molecular weight excluding hydrogens is 244 g/mol. The Morgan fingerprint density at radius 1 is 1.47 bits per heavy atom. The molecule has 4 heteroatoms. The summed E-state index contributed by atoms with van der Waals surface area (Å²) in [5.41, 5.74) is -0.353. The van der Waals surface area contributed by atoms with Gasteiger partial charge in [-0.15, -0.1) is 6.58 Å². The summed E-state index contributed by atoms with van der Waals surface area (Å²) < 4.78 is 16.9. The predicted octanol–water partition coefficient (Wildman–Crippen LogP) is 2.53. The van der Waals surface area contributed by atoms with Gasteiger partial charge in [-0.1, -0.05) is 19.9 Å². The van der Waals surface area contributed by atoms with Crippen LogP contribution in [0.3, 0.4) is 0 Å². The minimum atomic E-state index is -0.536. The van der Waals surface area contributed by atoms with Crippen molar-refractivity contribution in [3.63, 3.8) is 0 Å². The van der Waals surface area contributed by atoms with Crippen molar-refractivity contribution in [2.75, 3.05) is 19.8 Å². The number of ether oxygens (including phenoxy) is 3. The number of carbonyl (C=O) groups excluding carboxylic acids is 1. The molecule has 4 nitrogen and oxygen atoms in total. The van der Waals surface area contributed by atoms with Gasteiger partial charge < -0.3 is 14.2 Å². The van der Waals surface area contributed by atoms with Crippen molar-refractivity contribution in [2.45, 2.75) is 39.4 Å². The van der Waals surface area contributed by atoms with Gasteiger partial charge >= 0.3 is 5.97 Å². The summed E-state index contributed by atoms with van der Waals surface area (Å²) in [7, 11) is 0. The van der Waals surface area contributed by atoms with E-state index in [1.807, 2.05) is 19.9 Å². The van der Waals surface area contributed by atoms with E-state index in [-0.39, 0.29) is 23.2 Å². The third kappa shape index (κ3) is 2.56. The van der Waals surface area contributed by atoms with Gasteiger partial charge in [-0.05, 0) is 12.8 Å². The molecule has 19 heavy (non-hydrogen) atoms. The van der Waals surface area contributed by atoms with E-state index < -0.39 is 5.79 Å². The quantitative estimate of drug-likeness (QED) is 0.583. The summed E-state index contributed by atoms with van der Waals surface area (Å²) in [5, 5.41) is 0. The Morgan fingerprint density at radius 3 is 2.63 bits per heavy atom. The Bertz CT molecular complexity index is 359. The zero-order chi connectivity index (χ0) is 14.1. The molecule has 1 saturated carbocycles. The fourth-order valence-corrected chi connectivity index (χ4v) is 3.67. The molecule has 0 aromatic rings. The molecule has 3 atom stereocenters. The predicted molar refractivity (Wildman–Crippen MR) is 71.5 cm³/mol. The minimum absolute atomic E-state index is 0.134. The topological polar surface area (TPSA) is 44.8 Å². The zero-order valence-corrected chi connectivity index (χ0v) is 12.1. The largest absolute Gasteiger partial charge is 0.466 e. The van der Waals surface area contributed by atoms with Crippen molar-refractivity contribution in [2.24, 2.45) is 17.3 Å². The van der Waals surface area contributed by atoms with Crippen LogP contribution in [-0.2, 0) is 19.0 Å². The Hall–Kier alpha value is -0.870. The van der Waals surface area contributed by atoms with Gasteiger partial charge in [-0.2, -0.15) is 0 Å². The van der Waals surface area contributed by atoms with E-state index in [0.717, 1.165) is 6.42 Å². The van der Waals surface area contributed by atoms with Crippen LogP contribution in [0.4, 0.5) is 0 Å². The van der Waals surface area contributed by atoms with Crippen LogP contribution in [0, 0.1) is 17.3 Å². The molecule has 1 spiro atoms. The number of allylic oxidation sites excluding steroid dienone is 1. The molecule has 0 amide bonds. The van der Waals surface area contributed by atoms with Gasteiger partial charge in [0, 0.05) is 18.3 Å². The maximum Gasteiger partial charge on any atom is 0.310 e. The van der Waals surface area contributed by atoms with Crippen molar-refractivity contribution in [3.8, 4) is 0 Å². The maximum atomic E-state index is 12.2. The molecule has 1 heterocycles. The molecule has 0 radical (unpaired) electrons. The van der Waals surface area contributed by atoms with E-state index in [1.54, 1.807) is 0 Å². The molecule has 108 valence electrons. The first-order chi connectivity index (χ1) is 8.96. The standard InChI is InChI=1S/C15H24O4/c1-5-14(4)10-15(18-7-8-19-15)9-11(3)12(14)13(16)17-6-2/h5,11-12H,1,6-10H2,2-4H3/t11-,12-,14-/m1/s1. The number of esters is 1. The number of hydrogen-bond acceptors (Lipinski definition) is 4. The van der Waals surface area contributed by atoms with Crippen LogP contribution in [0.25, 0.3) is 0 Å². The summed E-state index contributed by atoms with van der Waals surface area (Å²) in [6.45, 7) is 11.5. The second-order valence-electron chi connectivity index (χ2n) is 5.91. The van der Waals surface area contributed by atoms with Crippen molar-refractivity contribution >= 4 is 5.97 Å². The van der Waals surface area contributed by atoms with Crippen LogP contribution in [-0.4, -0.2) is 31.6 Å². The molecular formula is C15H24O4. The first-order valence-corrected chi connectivity index (χ1v) is 7.04. The van der Waals surface area contributed by atoms with E-state index in [2.05, 4.69) is 13.5 Å². The summed E-state index contributed by atoms with van der Waals surface area (Å²) in [6.07, 6.45) is 3.26. The lowest BCUT2D eigenvalue weighted by atomic mass is 9.61. The van der Waals surface area contributed by atoms with Gasteiger partial charge in [0.15, 0.2) is 5.79 Å². The van der Waals surface area contributed by atoms with Gasteiger partial charge in [0.2, 0.25) is 0 Å². The third-order valence-electron chi connectivity index (χ3n) is 4.38. The lowest BCUT2D eigenvalue weighted by molar-refractivity contribution is -0.220. The van der Waals surface area contributed by atoms with Crippen LogP contribution in [0.1, 0.15) is 33.6 Å². The Labute approximate surface area is 115 Å². The van der Waals surface area contributed by atoms with Crippen LogP contribution < -0.4 is 0 Å². The van der Waals surface area contributed by atoms with Crippen molar-refractivity contribution in [1.82, 2.24) is 0 Å². The molecule has 2 rings (SSSR count). The average Bonchev–Trinajstić information content (AvgIpc) is 2.76. The van der Waals surface area contributed by atoms with Gasteiger partial charge in [0.25, 0.3) is 0 Å². The van der Waals surface area contributed by atoms with Gasteiger partial charge in [0.05, 0.1) is 25.7 Å². The molecule has 2 aliphatic rings. The van der Waals surface area contributed by atoms with E-state index in [1.165, 1.54) is 0 Å². The van der Waals surface area contributed by atoms with Crippen LogP contribution >= 0.6 is 0 Å². The Balaban J connectivity index is 2.25. The van der Waals surface area contributed by atoms with E-state index in [0.29, 0.717) is 26.2 Å². The average molecular weight is 268 g/mol. The zero-order valence-electron chi connectivity index (χ0n) is 12.1. The van der Waals surface area contributed by atoms with Gasteiger partial charge in [0.1, 0.15) is 0 Å². The van der Waals surface area contributed by atoms with E-state index in [4.69, 9.17) is 14.2 Å².